The zero-order chi connectivity index (χ0) is 44.8. The van der Waals surface area contributed by atoms with E-state index in [1.54, 1.807) is 0 Å². The lowest BCUT2D eigenvalue weighted by Gasteiger charge is -2.16. The minimum absolute atomic E-state index is 0.00683. The van der Waals surface area contributed by atoms with Gasteiger partial charge >= 0.3 is 12.7 Å². The summed E-state index contributed by atoms with van der Waals surface area (Å²) in [5, 5.41) is 36.0. The molecule has 0 fully saturated rings. The lowest BCUT2D eigenvalue weighted by molar-refractivity contribution is -0.275. The minimum atomic E-state index is -5.46. The molecule has 0 saturated carbocycles. The van der Waals surface area contributed by atoms with Crippen LogP contribution < -0.4 is 19.9 Å². The van der Waals surface area contributed by atoms with Crippen molar-refractivity contribution in [2.24, 2.45) is 0 Å². The van der Waals surface area contributed by atoms with Gasteiger partial charge in [-0.2, -0.15) is 21.0 Å². The molecule has 5 aromatic carbocycles. The number of hydrogen-bond donors (Lipinski definition) is 0. The van der Waals surface area contributed by atoms with Gasteiger partial charge in [-0.1, -0.05) is 0 Å². The maximum Gasteiger partial charge on any atom is 0.573 e. The predicted molar refractivity (Wildman–Crippen MR) is 168 cm³/mol. The summed E-state index contributed by atoms with van der Waals surface area (Å²) in [6.45, 7) is 0. The van der Waals surface area contributed by atoms with Crippen LogP contribution in [0.3, 0.4) is 0 Å². The summed E-state index contributed by atoms with van der Waals surface area (Å²) in [4.78, 5) is 0. The standard InChI is InChI=1S/C38H8F16N4O2/c39-25-5-13(59-37(49,50)51)1-3-15(25)17-7-20(22(10-56)28-35(47)31(43)24(12-58)32(44)36(28)48)18(16-4-2-14(6-26(16)40)60-38(52,53)54)8-19(17)21(9-55)27-33(45)29(41)23(11-57)30(42)34(27)46/h1-8H/b21-19+,22-20+. The smallest absolute Gasteiger partial charge is 0.406 e. The molecule has 0 spiro atoms. The largest absolute Gasteiger partial charge is 0.573 e. The third-order valence-corrected chi connectivity index (χ3v) is 8.10. The first-order chi connectivity index (χ1) is 28.0. The highest BCUT2D eigenvalue weighted by Gasteiger charge is 2.34. The van der Waals surface area contributed by atoms with Crippen molar-refractivity contribution in [2.45, 2.75) is 12.7 Å². The molecule has 22 heteroatoms. The van der Waals surface area contributed by atoms with Crippen LogP contribution in [0.2, 0.25) is 0 Å². The van der Waals surface area contributed by atoms with Crippen LogP contribution in [-0.4, -0.2) is 12.7 Å². The lowest BCUT2D eigenvalue weighted by atomic mass is 9.88. The number of rotatable bonds is 6. The molecule has 0 heterocycles. The molecule has 0 aliphatic heterocycles. The molecule has 0 saturated heterocycles. The molecule has 0 unspecified atom stereocenters. The van der Waals surface area contributed by atoms with E-state index < -0.39 is 148 Å². The molecule has 0 aliphatic rings. The molecule has 0 amide bonds. The summed E-state index contributed by atoms with van der Waals surface area (Å²) >= 11 is 0. The van der Waals surface area contributed by atoms with E-state index in [1.165, 1.54) is 0 Å². The zero-order valence-electron chi connectivity index (χ0n) is 28.3. The fraction of sp³-hybridized carbons (Fsp3) is 0.0526. The molecule has 0 aromatic heterocycles. The Kier molecular flexibility index (Phi) is 11.5. The minimum Gasteiger partial charge on any atom is -0.406 e. The lowest BCUT2D eigenvalue weighted by Crippen LogP contribution is -2.23. The molecular formula is C38H8F16N4O2. The zero-order valence-corrected chi connectivity index (χ0v) is 28.3. The van der Waals surface area contributed by atoms with E-state index in [0.717, 1.165) is 24.3 Å². The second-order valence-electron chi connectivity index (χ2n) is 11.5. The Morgan fingerprint density at radius 3 is 0.950 bits per heavy atom. The first-order valence-electron chi connectivity index (χ1n) is 15.4. The maximum absolute atomic E-state index is 15.8. The topological polar surface area (TPSA) is 114 Å². The summed E-state index contributed by atoms with van der Waals surface area (Å²) < 4.78 is 238. The Morgan fingerprint density at radius 2 is 0.717 bits per heavy atom. The Balaban J connectivity index is 2.16. The SMILES string of the molecule is N#C/C(c1c(F)c(F)c(C#N)c(F)c1F)=c1/cc(-c2ccc(OC(F)(F)F)cc2F)/c(=C(\C#N)c2c(F)c(F)c(C#N)c(F)c2F)cc1-c1ccc(OC(F)(F)F)cc1F. The van der Waals surface area contributed by atoms with E-state index in [1.807, 2.05) is 0 Å². The molecule has 0 bridgehead atoms. The molecule has 304 valence electrons. The first kappa shape index (κ1) is 43.4. The summed E-state index contributed by atoms with van der Waals surface area (Å²) in [7, 11) is 0. The van der Waals surface area contributed by atoms with Crippen LogP contribution in [0, 0.1) is 103 Å². The van der Waals surface area contributed by atoms with Crippen LogP contribution in [0.4, 0.5) is 70.2 Å². The van der Waals surface area contributed by atoms with Gasteiger partial charge in [0, 0.05) is 33.7 Å². The highest BCUT2D eigenvalue weighted by atomic mass is 19.4. The van der Waals surface area contributed by atoms with Gasteiger partial charge < -0.3 is 9.47 Å². The first-order valence-corrected chi connectivity index (χ1v) is 15.4. The van der Waals surface area contributed by atoms with Crippen molar-refractivity contribution in [1.82, 2.24) is 0 Å². The van der Waals surface area contributed by atoms with E-state index in [4.69, 9.17) is 10.5 Å². The molecule has 0 N–H and O–H groups in total. The number of ether oxygens (including phenoxy) is 2. The molecule has 5 rings (SSSR count). The highest BCUT2D eigenvalue weighted by molar-refractivity contribution is 5.88. The van der Waals surface area contributed by atoms with E-state index in [-0.39, 0.29) is 24.3 Å². The van der Waals surface area contributed by atoms with Gasteiger partial charge in [0.15, 0.2) is 46.5 Å². The van der Waals surface area contributed by atoms with Crippen LogP contribution in [0.15, 0.2) is 48.5 Å². The number of hydrogen-bond acceptors (Lipinski definition) is 6. The molecular weight excluding hydrogens is 848 g/mol. The van der Waals surface area contributed by atoms with E-state index in [9.17, 15) is 54.4 Å². The Morgan fingerprint density at radius 1 is 0.417 bits per heavy atom. The molecule has 6 nitrogen and oxygen atoms in total. The molecule has 0 aliphatic carbocycles. The van der Waals surface area contributed by atoms with E-state index in [2.05, 4.69) is 9.47 Å². The number of halogens is 16. The Hall–Kier alpha value is -7.72. The predicted octanol–water partition coefficient (Wildman–Crippen LogP) is 9.40. The van der Waals surface area contributed by atoms with Gasteiger partial charge in [0.25, 0.3) is 0 Å². The average Bonchev–Trinajstić information content (AvgIpc) is 3.16. The van der Waals surface area contributed by atoms with E-state index >= 15 is 26.3 Å². The third kappa shape index (κ3) is 7.91. The van der Waals surface area contributed by atoms with Gasteiger partial charge in [-0.3, -0.25) is 0 Å². The fourth-order valence-electron chi connectivity index (χ4n) is 5.68. The van der Waals surface area contributed by atoms with Gasteiger partial charge in [0.2, 0.25) is 0 Å². The molecule has 5 aromatic rings. The van der Waals surface area contributed by atoms with Crippen molar-refractivity contribution in [1.29, 1.82) is 21.0 Å². The molecule has 0 atom stereocenters. The van der Waals surface area contributed by atoms with E-state index in [0.29, 0.717) is 24.3 Å². The summed E-state index contributed by atoms with van der Waals surface area (Å²) in [5.41, 5.74) is -15.7. The van der Waals surface area contributed by atoms with Gasteiger partial charge in [-0.05, 0) is 47.5 Å². The number of nitrogens with zero attached hydrogens (tertiary/aromatic N) is 4. The van der Waals surface area contributed by atoms with Gasteiger partial charge in [-0.15, -0.1) is 26.3 Å². The third-order valence-electron chi connectivity index (χ3n) is 8.10. The van der Waals surface area contributed by atoms with Crippen LogP contribution in [-0.2, 0) is 0 Å². The van der Waals surface area contributed by atoms with Crippen molar-refractivity contribution in [3.05, 3.63) is 139 Å². The molecule has 60 heavy (non-hydrogen) atoms. The summed E-state index contributed by atoms with van der Waals surface area (Å²) in [6, 6.07) is 5.79. The number of nitriles is 4. The van der Waals surface area contributed by atoms with Crippen molar-refractivity contribution >= 4 is 11.1 Å². The van der Waals surface area contributed by atoms with Crippen molar-refractivity contribution in [3.8, 4) is 58.0 Å². The fourth-order valence-corrected chi connectivity index (χ4v) is 5.68. The summed E-state index contributed by atoms with van der Waals surface area (Å²) in [5.74, 6) is -26.0. The van der Waals surface area contributed by atoms with Crippen molar-refractivity contribution < 1.29 is 79.7 Å². The monoisotopic (exact) mass is 856 g/mol. The van der Waals surface area contributed by atoms with Gasteiger partial charge in [0.1, 0.15) is 58.5 Å². The van der Waals surface area contributed by atoms with Gasteiger partial charge in [-0.25, -0.2) is 43.9 Å². The van der Waals surface area contributed by atoms with Crippen LogP contribution in [0.5, 0.6) is 11.5 Å². The second-order valence-corrected chi connectivity index (χ2v) is 11.5. The van der Waals surface area contributed by atoms with Gasteiger partial charge in [0.05, 0.1) is 22.3 Å². The normalized spacial score (nSPS) is 12.5. The summed E-state index contributed by atoms with van der Waals surface area (Å²) in [6.07, 6.45) is -10.9. The van der Waals surface area contributed by atoms with Crippen molar-refractivity contribution in [2.75, 3.05) is 0 Å². The van der Waals surface area contributed by atoms with Crippen LogP contribution in [0.25, 0.3) is 33.4 Å². The average molecular weight is 856 g/mol. The van der Waals surface area contributed by atoms with Crippen LogP contribution in [0.1, 0.15) is 22.3 Å². The Bertz CT molecular complexity index is 2710. The number of benzene rings is 5. The number of alkyl halides is 6. The van der Waals surface area contributed by atoms with Crippen LogP contribution >= 0.6 is 0 Å². The van der Waals surface area contributed by atoms with Crippen molar-refractivity contribution in [3.63, 3.8) is 0 Å². The molecule has 0 radical (unpaired) electrons. The second kappa shape index (κ2) is 15.9. The quantitative estimate of drug-likeness (QED) is 0.124. The maximum atomic E-state index is 15.8. The highest BCUT2D eigenvalue weighted by Crippen LogP contribution is 2.35. The Labute approximate surface area is 322 Å².